The molecule has 1 saturated carbocycles. The number of rotatable bonds is 7. The zero-order valence-corrected chi connectivity index (χ0v) is 20.4. The first-order valence-corrected chi connectivity index (χ1v) is 12.4. The highest BCUT2D eigenvalue weighted by atomic mass is 16.5. The second kappa shape index (κ2) is 10.8. The number of benzene rings is 2. The van der Waals surface area contributed by atoms with Gasteiger partial charge in [0.25, 0.3) is 5.91 Å². The van der Waals surface area contributed by atoms with E-state index in [2.05, 4.69) is 0 Å². The van der Waals surface area contributed by atoms with Gasteiger partial charge in [0.1, 0.15) is 6.04 Å². The number of ether oxygens (including phenoxy) is 1. The molecule has 2 fully saturated rings. The van der Waals surface area contributed by atoms with Crippen LogP contribution in [-0.4, -0.2) is 41.2 Å². The maximum Gasteiger partial charge on any atom is 0.338 e. The number of aryl methyl sites for hydroxylation is 1. The summed E-state index contributed by atoms with van der Waals surface area (Å²) in [4.78, 5) is 54.9. The monoisotopic (exact) mass is 476 g/mol. The van der Waals surface area contributed by atoms with Crippen LogP contribution >= 0.6 is 0 Å². The average Bonchev–Trinajstić information content (AvgIpc) is 3.17. The zero-order valence-electron chi connectivity index (χ0n) is 20.4. The highest BCUT2D eigenvalue weighted by Gasteiger charge is 2.45. The van der Waals surface area contributed by atoms with E-state index in [4.69, 9.17) is 4.74 Å². The molecule has 1 saturated heterocycles. The van der Waals surface area contributed by atoms with E-state index in [0.717, 1.165) is 48.1 Å². The number of carbonyl (C=O) groups excluding carboxylic acids is 4. The minimum atomic E-state index is -0.844. The lowest BCUT2D eigenvalue weighted by molar-refractivity contribution is -0.143. The normalized spacial score (nSPS) is 18.6. The van der Waals surface area contributed by atoms with Gasteiger partial charge in [-0.25, -0.2) is 9.69 Å². The second-order valence-electron chi connectivity index (χ2n) is 9.34. The molecule has 7 nitrogen and oxygen atoms in total. The lowest BCUT2D eigenvalue weighted by Crippen LogP contribution is -2.47. The second-order valence-corrected chi connectivity index (χ2v) is 9.34. The summed E-state index contributed by atoms with van der Waals surface area (Å²) < 4.78 is 5.00. The van der Waals surface area contributed by atoms with Gasteiger partial charge in [-0.1, -0.05) is 49.1 Å². The van der Waals surface area contributed by atoms with Crippen LogP contribution < -0.4 is 4.90 Å². The van der Waals surface area contributed by atoms with E-state index < -0.39 is 17.9 Å². The Morgan fingerprint density at radius 3 is 2.26 bits per heavy atom. The molecule has 0 bridgehead atoms. The van der Waals surface area contributed by atoms with Crippen LogP contribution in [0.15, 0.2) is 48.5 Å². The summed E-state index contributed by atoms with van der Waals surface area (Å²) in [6.07, 6.45) is 4.71. The van der Waals surface area contributed by atoms with Crippen LogP contribution in [0.4, 0.5) is 5.69 Å². The van der Waals surface area contributed by atoms with Crippen molar-refractivity contribution in [2.75, 3.05) is 11.5 Å². The third-order valence-corrected chi connectivity index (χ3v) is 6.85. The molecule has 1 heterocycles. The summed E-state index contributed by atoms with van der Waals surface area (Å²) in [7, 11) is 0. The van der Waals surface area contributed by atoms with Gasteiger partial charge in [-0.05, 0) is 56.5 Å². The van der Waals surface area contributed by atoms with E-state index in [9.17, 15) is 19.2 Å². The van der Waals surface area contributed by atoms with Crippen LogP contribution in [0.1, 0.15) is 66.9 Å². The van der Waals surface area contributed by atoms with E-state index in [1.54, 1.807) is 36.1 Å². The average molecular weight is 477 g/mol. The van der Waals surface area contributed by atoms with Gasteiger partial charge in [-0.15, -0.1) is 0 Å². The van der Waals surface area contributed by atoms with Crippen molar-refractivity contribution in [3.8, 4) is 0 Å². The van der Waals surface area contributed by atoms with Crippen molar-refractivity contribution in [3.63, 3.8) is 0 Å². The van der Waals surface area contributed by atoms with Gasteiger partial charge in [0, 0.05) is 12.5 Å². The van der Waals surface area contributed by atoms with Crippen molar-refractivity contribution in [2.24, 2.45) is 5.92 Å². The smallest absolute Gasteiger partial charge is 0.338 e. The Morgan fingerprint density at radius 1 is 0.971 bits per heavy atom. The molecule has 1 aliphatic heterocycles. The van der Waals surface area contributed by atoms with Gasteiger partial charge >= 0.3 is 5.97 Å². The number of hydrogen-bond acceptors (Lipinski definition) is 5. The molecule has 7 heteroatoms. The molecule has 4 rings (SSSR count). The molecule has 184 valence electrons. The Kier molecular flexibility index (Phi) is 7.63. The molecule has 3 amide bonds. The van der Waals surface area contributed by atoms with Crippen molar-refractivity contribution >= 4 is 29.4 Å². The van der Waals surface area contributed by atoms with Gasteiger partial charge in [-0.2, -0.15) is 0 Å². The van der Waals surface area contributed by atoms with Gasteiger partial charge in [0.2, 0.25) is 11.8 Å². The first-order chi connectivity index (χ1) is 16.9. The van der Waals surface area contributed by atoms with Crippen molar-refractivity contribution in [2.45, 2.75) is 65.0 Å². The molecule has 0 N–H and O–H groups in total. The fraction of sp³-hybridized carbons (Fsp3) is 0.429. The van der Waals surface area contributed by atoms with Crippen LogP contribution in [-0.2, 0) is 25.7 Å². The standard InChI is InChI=1S/C28H32N2O5/c1-3-35-28(34)22-13-15-23(16-14-22)30-25(31)17-24(27(30)33)29(18-20-11-9-19(2)10-12-20)26(32)21-7-5-4-6-8-21/h9-16,21,24H,3-8,17-18H2,1-2H3. The lowest BCUT2D eigenvalue weighted by Gasteiger charge is -2.32. The minimum Gasteiger partial charge on any atom is -0.462 e. The summed E-state index contributed by atoms with van der Waals surface area (Å²) in [6.45, 7) is 4.27. The summed E-state index contributed by atoms with van der Waals surface area (Å²) in [5.74, 6) is -1.38. The molecule has 0 spiro atoms. The topological polar surface area (TPSA) is 84.0 Å². The SMILES string of the molecule is CCOC(=O)c1ccc(N2C(=O)CC(N(Cc3ccc(C)cc3)C(=O)C3CCCCC3)C2=O)cc1. The Balaban J connectivity index is 1.59. The van der Waals surface area contributed by atoms with Gasteiger partial charge in [-0.3, -0.25) is 14.4 Å². The summed E-state index contributed by atoms with van der Waals surface area (Å²) >= 11 is 0. The third kappa shape index (κ3) is 5.45. The van der Waals surface area contributed by atoms with Crippen LogP contribution in [0.5, 0.6) is 0 Å². The molecule has 1 aliphatic carbocycles. The van der Waals surface area contributed by atoms with E-state index in [1.165, 1.54) is 0 Å². The van der Waals surface area contributed by atoms with E-state index in [1.807, 2.05) is 31.2 Å². The Bertz CT molecular complexity index is 1090. The highest BCUT2D eigenvalue weighted by Crippen LogP contribution is 2.31. The van der Waals surface area contributed by atoms with Gasteiger partial charge in [0.05, 0.1) is 24.3 Å². The quantitative estimate of drug-likeness (QED) is 0.437. The van der Waals surface area contributed by atoms with Gasteiger partial charge in [0.15, 0.2) is 0 Å². The van der Waals surface area contributed by atoms with Crippen molar-refractivity contribution < 1.29 is 23.9 Å². The van der Waals surface area contributed by atoms with Crippen LogP contribution in [0, 0.1) is 12.8 Å². The molecular formula is C28H32N2O5. The minimum absolute atomic E-state index is 0.0454. The summed E-state index contributed by atoms with van der Waals surface area (Å²) in [5, 5.41) is 0. The molecule has 0 radical (unpaired) electrons. The lowest BCUT2D eigenvalue weighted by atomic mass is 9.87. The highest BCUT2D eigenvalue weighted by molar-refractivity contribution is 6.23. The Labute approximate surface area is 206 Å². The molecular weight excluding hydrogens is 444 g/mol. The van der Waals surface area contributed by atoms with Crippen LogP contribution in [0.25, 0.3) is 0 Å². The number of carbonyl (C=O) groups is 4. The van der Waals surface area contributed by atoms with Crippen molar-refractivity contribution in [1.82, 2.24) is 4.90 Å². The number of esters is 1. The molecule has 0 aromatic heterocycles. The first kappa shape index (κ1) is 24.6. The van der Waals surface area contributed by atoms with E-state index in [0.29, 0.717) is 11.3 Å². The molecule has 1 unspecified atom stereocenters. The maximum absolute atomic E-state index is 13.6. The zero-order chi connectivity index (χ0) is 24.9. The maximum atomic E-state index is 13.6. The first-order valence-electron chi connectivity index (χ1n) is 12.4. The fourth-order valence-corrected chi connectivity index (χ4v) is 4.91. The molecule has 35 heavy (non-hydrogen) atoms. The molecule has 2 aromatic carbocycles. The van der Waals surface area contributed by atoms with E-state index >= 15 is 0 Å². The van der Waals surface area contributed by atoms with Gasteiger partial charge < -0.3 is 9.64 Å². The summed E-state index contributed by atoms with van der Waals surface area (Å²) in [6, 6.07) is 13.3. The number of amides is 3. The van der Waals surface area contributed by atoms with Crippen molar-refractivity contribution in [1.29, 1.82) is 0 Å². The predicted molar refractivity (Wildman–Crippen MR) is 132 cm³/mol. The van der Waals surface area contributed by atoms with Crippen molar-refractivity contribution in [3.05, 3.63) is 65.2 Å². The molecule has 1 atom stereocenters. The van der Waals surface area contributed by atoms with Crippen LogP contribution in [0.3, 0.4) is 0 Å². The van der Waals surface area contributed by atoms with Crippen LogP contribution in [0.2, 0.25) is 0 Å². The van der Waals surface area contributed by atoms with E-state index in [-0.39, 0.29) is 37.3 Å². The summed E-state index contributed by atoms with van der Waals surface area (Å²) in [5.41, 5.74) is 2.77. The molecule has 2 aliphatic rings. The third-order valence-electron chi connectivity index (χ3n) is 6.85. The fourth-order valence-electron chi connectivity index (χ4n) is 4.91. The number of anilines is 1. The number of imide groups is 1. The number of hydrogen-bond donors (Lipinski definition) is 0. The largest absolute Gasteiger partial charge is 0.462 e. The Hall–Kier alpha value is -3.48. The predicted octanol–water partition coefficient (Wildman–Crippen LogP) is 4.41. The molecule has 2 aromatic rings. The number of nitrogens with zero attached hydrogens (tertiary/aromatic N) is 2. The Morgan fingerprint density at radius 2 is 1.63 bits per heavy atom.